The number of carbonyl (C=O) groups excluding carboxylic acids is 1. The van der Waals surface area contributed by atoms with Gasteiger partial charge in [-0.1, -0.05) is 71.6 Å². The Kier molecular flexibility index (Phi) is 16.0. The number of rotatable bonds is 17. The molecule has 0 fully saturated rings. The van der Waals surface area contributed by atoms with E-state index in [1.54, 1.807) is 0 Å². The molecule has 0 heterocycles. The molecule has 142 valence electrons. The maximum absolute atomic E-state index is 11.6. The first-order valence-electron chi connectivity index (χ1n) is 9.89. The van der Waals surface area contributed by atoms with Gasteiger partial charge in [0.05, 0.1) is 6.61 Å². The average molecular weight is 343 g/mol. The van der Waals surface area contributed by atoms with Gasteiger partial charge in [-0.3, -0.25) is 9.59 Å². The SMILES string of the molecule is CC(C)CCCCCCCCOC(=O)CCCCCCCC(=O)O. The fraction of sp³-hybridized carbons (Fsp3) is 0.900. The van der Waals surface area contributed by atoms with Crippen LogP contribution in [-0.2, 0) is 14.3 Å². The van der Waals surface area contributed by atoms with Crippen molar-refractivity contribution >= 4 is 11.9 Å². The van der Waals surface area contributed by atoms with E-state index in [9.17, 15) is 9.59 Å². The third-order valence-electron chi connectivity index (χ3n) is 4.21. The Bertz CT molecular complexity index is 313. The molecule has 4 heteroatoms. The number of esters is 1. The number of aliphatic carboxylic acids is 1. The first-order chi connectivity index (χ1) is 11.5. The summed E-state index contributed by atoms with van der Waals surface area (Å²) in [5, 5.41) is 8.52. The van der Waals surface area contributed by atoms with Crippen molar-refractivity contribution in [3.63, 3.8) is 0 Å². The molecular formula is C20H38O4. The second-order valence-electron chi connectivity index (χ2n) is 7.19. The topological polar surface area (TPSA) is 63.6 Å². The predicted molar refractivity (Wildman–Crippen MR) is 98.1 cm³/mol. The molecule has 0 aliphatic heterocycles. The van der Waals surface area contributed by atoms with E-state index in [1.165, 1.54) is 32.1 Å². The molecule has 0 aromatic heterocycles. The largest absolute Gasteiger partial charge is 0.481 e. The molecule has 0 rings (SSSR count). The molecule has 24 heavy (non-hydrogen) atoms. The quantitative estimate of drug-likeness (QED) is 0.271. The standard InChI is InChI=1S/C20H38O4/c1-18(2)14-10-6-3-4-9-13-17-24-20(23)16-12-8-5-7-11-15-19(21)22/h18H,3-17H2,1-2H3,(H,21,22). The normalized spacial score (nSPS) is 11.0. The van der Waals surface area contributed by atoms with Crippen molar-refractivity contribution in [2.45, 2.75) is 104 Å². The van der Waals surface area contributed by atoms with Gasteiger partial charge in [0.2, 0.25) is 0 Å². The molecule has 0 aliphatic carbocycles. The van der Waals surface area contributed by atoms with Crippen molar-refractivity contribution in [2.24, 2.45) is 5.92 Å². The van der Waals surface area contributed by atoms with Gasteiger partial charge in [-0.25, -0.2) is 0 Å². The van der Waals surface area contributed by atoms with Crippen molar-refractivity contribution in [3.05, 3.63) is 0 Å². The summed E-state index contributed by atoms with van der Waals surface area (Å²) in [6, 6.07) is 0. The summed E-state index contributed by atoms with van der Waals surface area (Å²) < 4.78 is 5.24. The monoisotopic (exact) mass is 342 g/mol. The van der Waals surface area contributed by atoms with Crippen molar-refractivity contribution in [3.8, 4) is 0 Å². The van der Waals surface area contributed by atoms with Gasteiger partial charge in [0.25, 0.3) is 0 Å². The highest BCUT2D eigenvalue weighted by atomic mass is 16.5. The van der Waals surface area contributed by atoms with Crippen LogP contribution in [0, 0.1) is 5.92 Å². The minimum Gasteiger partial charge on any atom is -0.481 e. The van der Waals surface area contributed by atoms with Gasteiger partial charge in [-0.2, -0.15) is 0 Å². The molecule has 0 atom stereocenters. The Morgan fingerprint density at radius 2 is 1.25 bits per heavy atom. The van der Waals surface area contributed by atoms with E-state index in [-0.39, 0.29) is 12.4 Å². The number of unbranched alkanes of at least 4 members (excludes halogenated alkanes) is 9. The number of carboxylic acid groups (broad SMARTS) is 1. The van der Waals surface area contributed by atoms with Crippen LogP contribution in [0.25, 0.3) is 0 Å². The van der Waals surface area contributed by atoms with Crippen molar-refractivity contribution in [1.82, 2.24) is 0 Å². The Balaban J connectivity index is 3.20. The smallest absolute Gasteiger partial charge is 0.305 e. The first kappa shape index (κ1) is 22.9. The summed E-state index contributed by atoms with van der Waals surface area (Å²) in [6.07, 6.45) is 13.9. The van der Waals surface area contributed by atoms with Crippen LogP contribution in [0.4, 0.5) is 0 Å². The highest BCUT2D eigenvalue weighted by Crippen LogP contribution is 2.12. The fourth-order valence-corrected chi connectivity index (χ4v) is 2.70. The minimum atomic E-state index is -0.728. The van der Waals surface area contributed by atoms with Crippen LogP contribution in [0.15, 0.2) is 0 Å². The summed E-state index contributed by atoms with van der Waals surface area (Å²) in [5.74, 6) is 0.000703. The number of ether oxygens (including phenoxy) is 1. The molecule has 0 amide bonds. The lowest BCUT2D eigenvalue weighted by Gasteiger charge is -2.06. The zero-order valence-electron chi connectivity index (χ0n) is 15.9. The van der Waals surface area contributed by atoms with Crippen LogP contribution in [0.3, 0.4) is 0 Å². The maximum Gasteiger partial charge on any atom is 0.305 e. The average Bonchev–Trinajstić information content (AvgIpc) is 2.51. The van der Waals surface area contributed by atoms with Crippen LogP contribution in [0.2, 0.25) is 0 Å². The lowest BCUT2D eigenvalue weighted by molar-refractivity contribution is -0.144. The first-order valence-corrected chi connectivity index (χ1v) is 9.89. The molecule has 0 unspecified atom stereocenters. The molecule has 0 aromatic rings. The summed E-state index contributed by atoms with van der Waals surface area (Å²) in [5.41, 5.74) is 0. The van der Waals surface area contributed by atoms with Crippen LogP contribution >= 0.6 is 0 Å². The molecule has 0 aromatic carbocycles. The molecule has 0 saturated carbocycles. The van der Waals surface area contributed by atoms with Crippen LogP contribution in [0.1, 0.15) is 104 Å². The van der Waals surface area contributed by atoms with Gasteiger partial charge < -0.3 is 9.84 Å². The van der Waals surface area contributed by atoms with Gasteiger partial charge in [0.15, 0.2) is 0 Å². The molecule has 4 nitrogen and oxygen atoms in total. The molecular weight excluding hydrogens is 304 g/mol. The number of hydrogen-bond donors (Lipinski definition) is 1. The second kappa shape index (κ2) is 16.8. The number of hydrogen-bond acceptors (Lipinski definition) is 3. The third kappa shape index (κ3) is 19.0. The highest BCUT2D eigenvalue weighted by Gasteiger charge is 2.03. The summed E-state index contributed by atoms with van der Waals surface area (Å²) >= 11 is 0. The van der Waals surface area contributed by atoms with E-state index in [0.717, 1.165) is 50.9 Å². The minimum absolute atomic E-state index is 0.0857. The molecule has 1 N–H and O–H groups in total. The Labute approximate surface area is 148 Å². The maximum atomic E-state index is 11.6. The summed E-state index contributed by atoms with van der Waals surface area (Å²) in [4.78, 5) is 21.9. The Morgan fingerprint density at radius 3 is 1.83 bits per heavy atom. The summed E-state index contributed by atoms with van der Waals surface area (Å²) in [6.45, 7) is 5.10. The van der Waals surface area contributed by atoms with E-state index in [2.05, 4.69) is 13.8 Å². The molecule has 0 saturated heterocycles. The Morgan fingerprint density at radius 1 is 0.750 bits per heavy atom. The lowest BCUT2D eigenvalue weighted by atomic mass is 10.0. The van der Waals surface area contributed by atoms with Crippen LogP contribution in [-0.4, -0.2) is 23.7 Å². The highest BCUT2D eigenvalue weighted by molar-refractivity contribution is 5.69. The van der Waals surface area contributed by atoms with Crippen molar-refractivity contribution < 1.29 is 19.4 Å². The van der Waals surface area contributed by atoms with E-state index in [1.807, 2.05) is 0 Å². The van der Waals surface area contributed by atoms with Gasteiger partial charge in [-0.05, 0) is 25.2 Å². The zero-order valence-corrected chi connectivity index (χ0v) is 15.9. The summed E-state index contributed by atoms with van der Waals surface area (Å²) in [7, 11) is 0. The van der Waals surface area contributed by atoms with E-state index >= 15 is 0 Å². The van der Waals surface area contributed by atoms with Gasteiger partial charge in [0.1, 0.15) is 0 Å². The van der Waals surface area contributed by atoms with Gasteiger partial charge >= 0.3 is 11.9 Å². The number of carbonyl (C=O) groups is 2. The van der Waals surface area contributed by atoms with Gasteiger partial charge in [-0.15, -0.1) is 0 Å². The van der Waals surface area contributed by atoms with E-state index < -0.39 is 5.97 Å². The van der Waals surface area contributed by atoms with Crippen LogP contribution < -0.4 is 0 Å². The van der Waals surface area contributed by atoms with E-state index in [4.69, 9.17) is 9.84 Å². The van der Waals surface area contributed by atoms with Crippen molar-refractivity contribution in [1.29, 1.82) is 0 Å². The predicted octanol–water partition coefficient (Wildman–Crippen LogP) is 5.73. The van der Waals surface area contributed by atoms with Gasteiger partial charge in [0, 0.05) is 12.8 Å². The second-order valence-corrected chi connectivity index (χ2v) is 7.19. The zero-order chi connectivity index (χ0) is 18.0. The third-order valence-corrected chi connectivity index (χ3v) is 4.21. The molecule has 0 radical (unpaired) electrons. The Hall–Kier alpha value is -1.06. The molecule has 0 spiro atoms. The van der Waals surface area contributed by atoms with E-state index in [0.29, 0.717) is 13.0 Å². The van der Waals surface area contributed by atoms with Crippen molar-refractivity contribution in [2.75, 3.05) is 6.61 Å². The molecule has 0 bridgehead atoms. The lowest BCUT2D eigenvalue weighted by Crippen LogP contribution is -2.05. The molecule has 0 aliphatic rings. The number of carboxylic acids is 1. The van der Waals surface area contributed by atoms with Crippen LogP contribution in [0.5, 0.6) is 0 Å². The fourth-order valence-electron chi connectivity index (χ4n) is 2.70.